The number of amides is 1. The number of aromatic nitrogens is 3. The van der Waals surface area contributed by atoms with Crippen LogP contribution < -0.4 is 10.6 Å². The van der Waals surface area contributed by atoms with Crippen LogP contribution in [0.5, 0.6) is 0 Å². The molecule has 3 heterocycles. The summed E-state index contributed by atoms with van der Waals surface area (Å²) in [7, 11) is 0. The van der Waals surface area contributed by atoms with Crippen LogP contribution in [0.25, 0.3) is 16.8 Å². The Labute approximate surface area is 173 Å². The summed E-state index contributed by atoms with van der Waals surface area (Å²) in [6.07, 6.45) is 6.69. The predicted molar refractivity (Wildman–Crippen MR) is 114 cm³/mol. The average molecular weight is 407 g/mol. The Bertz CT molecular complexity index is 1080. The van der Waals surface area contributed by atoms with E-state index in [1.165, 1.54) is 24.7 Å². The van der Waals surface area contributed by atoms with E-state index in [0.29, 0.717) is 22.6 Å². The molecule has 0 fully saturated rings. The van der Waals surface area contributed by atoms with Crippen molar-refractivity contribution < 1.29 is 14.3 Å². The Hall–Kier alpha value is -3.65. The fourth-order valence-corrected chi connectivity index (χ4v) is 2.78. The first kappa shape index (κ1) is 21.1. The molecule has 0 saturated carbocycles. The molecular formula is C22H22FN5O2. The third-order valence-electron chi connectivity index (χ3n) is 4.30. The molecule has 0 aliphatic rings. The summed E-state index contributed by atoms with van der Waals surface area (Å²) in [5.74, 6) is -0.815. The highest BCUT2D eigenvalue weighted by molar-refractivity contribution is 6.00. The highest BCUT2D eigenvalue weighted by Gasteiger charge is 2.16. The van der Waals surface area contributed by atoms with Gasteiger partial charge >= 0.3 is 0 Å². The van der Waals surface area contributed by atoms with E-state index in [1.807, 2.05) is 6.92 Å². The van der Waals surface area contributed by atoms with Gasteiger partial charge in [-0.25, -0.2) is 4.39 Å². The zero-order chi connectivity index (χ0) is 21.7. The Balaban J connectivity index is 2.00. The maximum Gasteiger partial charge on any atom is 0.255 e. The quantitative estimate of drug-likeness (QED) is 0.554. The lowest BCUT2D eigenvalue weighted by atomic mass is 10.1. The van der Waals surface area contributed by atoms with E-state index in [9.17, 15) is 14.3 Å². The minimum absolute atomic E-state index is 0.115. The second-order valence-corrected chi connectivity index (χ2v) is 6.86. The fourth-order valence-electron chi connectivity index (χ4n) is 2.78. The SMILES string of the molecule is C=C(C)c1cnc(-c2cnccc2F)cc1Nc1ccncc1C(=O)NCC(C)O. The summed E-state index contributed by atoms with van der Waals surface area (Å²) in [4.78, 5) is 24.8. The molecule has 7 nitrogen and oxygen atoms in total. The molecule has 30 heavy (non-hydrogen) atoms. The van der Waals surface area contributed by atoms with Gasteiger partial charge in [0.05, 0.1) is 28.6 Å². The van der Waals surface area contributed by atoms with Crippen LogP contribution in [0.15, 0.2) is 55.8 Å². The van der Waals surface area contributed by atoms with Crippen molar-refractivity contribution >= 4 is 22.9 Å². The van der Waals surface area contributed by atoms with Gasteiger partial charge in [-0.2, -0.15) is 0 Å². The van der Waals surface area contributed by atoms with E-state index in [-0.39, 0.29) is 18.0 Å². The van der Waals surface area contributed by atoms with Crippen molar-refractivity contribution in [3.8, 4) is 11.3 Å². The first-order valence-corrected chi connectivity index (χ1v) is 9.30. The van der Waals surface area contributed by atoms with Gasteiger partial charge in [0.2, 0.25) is 0 Å². The minimum atomic E-state index is -0.672. The number of anilines is 2. The molecule has 0 bridgehead atoms. The number of pyridine rings is 3. The van der Waals surface area contributed by atoms with Gasteiger partial charge in [-0.3, -0.25) is 19.7 Å². The van der Waals surface area contributed by atoms with Gasteiger partial charge in [0.1, 0.15) is 5.82 Å². The molecule has 1 unspecified atom stereocenters. The second-order valence-electron chi connectivity index (χ2n) is 6.86. The van der Waals surface area contributed by atoms with Crippen LogP contribution in [0, 0.1) is 5.82 Å². The molecule has 8 heteroatoms. The molecule has 3 aromatic heterocycles. The van der Waals surface area contributed by atoms with Crippen LogP contribution >= 0.6 is 0 Å². The van der Waals surface area contributed by atoms with Crippen molar-refractivity contribution in [3.63, 3.8) is 0 Å². The van der Waals surface area contributed by atoms with Crippen LogP contribution in [0.4, 0.5) is 15.8 Å². The monoisotopic (exact) mass is 407 g/mol. The summed E-state index contributed by atoms with van der Waals surface area (Å²) in [5.41, 5.74) is 3.52. The molecule has 0 aliphatic heterocycles. The Morgan fingerprint density at radius 3 is 2.60 bits per heavy atom. The molecule has 0 radical (unpaired) electrons. The predicted octanol–water partition coefficient (Wildman–Crippen LogP) is 3.57. The van der Waals surface area contributed by atoms with Crippen molar-refractivity contribution in [2.24, 2.45) is 0 Å². The van der Waals surface area contributed by atoms with E-state index < -0.39 is 11.9 Å². The number of nitrogens with one attached hydrogen (secondary N) is 2. The first-order valence-electron chi connectivity index (χ1n) is 9.30. The van der Waals surface area contributed by atoms with Crippen LogP contribution in [-0.4, -0.2) is 38.6 Å². The van der Waals surface area contributed by atoms with Crippen LogP contribution in [-0.2, 0) is 0 Å². The molecule has 1 atom stereocenters. The summed E-state index contributed by atoms with van der Waals surface area (Å²) in [5, 5.41) is 15.3. The fraction of sp³-hybridized carbons (Fsp3) is 0.182. The minimum Gasteiger partial charge on any atom is -0.392 e. The Morgan fingerprint density at radius 1 is 1.17 bits per heavy atom. The summed E-state index contributed by atoms with van der Waals surface area (Å²) in [6, 6.07) is 4.61. The smallest absolute Gasteiger partial charge is 0.255 e. The second kappa shape index (κ2) is 9.23. The molecule has 154 valence electrons. The first-order chi connectivity index (χ1) is 14.4. The number of aliphatic hydroxyl groups is 1. The molecule has 3 rings (SSSR count). The maximum absolute atomic E-state index is 14.2. The number of allylic oxidation sites excluding steroid dienone is 1. The summed E-state index contributed by atoms with van der Waals surface area (Å²) in [6.45, 7) is 7.49. The van der Waals surface area contributed by atoms with Gasteiger partial charge in [-0.15, -0.1) is 0 Å². The van der Waals surface area contributed by atoms with Crippen LogP contribution in [0.2, 0.25) is 0 Å². The number of halogens is 1. The van der Waals surface area contributed by atoms with Crippen molar-refractivity contribution in [2.75, 3.05) is 11.9 Å². The van der Waals surface area contributed by atoms with E-state index >= 15 is 0 Å². The zero-order valence-corrected chi connectivity index (χ0v) is 16.7. The number of aliphatic hydroxyl groups excluding tert-OH is 1. The van der Waals surface area contributed by atoms with Crippen molar-refractivity contribution in [1.82, 2.24) is 20.3 Å². The number of hydrogen-bond donors (Lipinski definition) is 3. The maximum atomic E-state index is 14.2. The van der Waals surface area contributed by atoms with Gasteiger partial charge in [-0.05, 0) is 37.6 Å². The van der Waals surface area contributed by atoms with E-state index in [2.05, 4.69) is 32.2 Å². The Kier molecular flexibility index (Phi) is 6.48. The lowest BCUT2D eigenvalue weighted by Gasteiger charge is -2.16. The number of hydrogen-bond acceptors (Lipinski definition) is 6. The van der Waals surface area contributed by atoms with Gasteiger partial charge < -0.3 is 15.7 Å². The van der Waals surface area contributed by atoms with Crippen LogP contribution in [0.1, 0.15) is 29.8 Å². The largest absolute Gasteiger partial charge is 0.392 e. The van der Waals surface area contributed by atoms with Crippen molar-refractivity contribution in [3.05, 3.63) is 72.7 Å². The number of rotatable bonds is 7. The molecule has 3 aromatic rings. The molecule has 0 aromatic carbocycles. The highest BCUT2D eigenvalue weighted by Crippen LogP contribution is 2.31. The standard InChI is InChI=1S/C22H22FN5O2/c1-13(2)15-12-26-20(16-10-24-6-4-18(16)23)8-21(15)28-19-5-7-25-11-17(19)22(30)27-9-14(3)29/h4-8,10-12,14,29H,1,9H2,2-3H3,(H,27,30)(H,25,26,28). The Morgan fingerprint density at radius 2 is 1.90 bits per heavy atom. The van der Waals surface area contributed by atoms with Gasteiger partial charge in [-0.1, -0.05) is 6.58 Å². The lowest BCUT2D eigenvalue weighted by Crippen LogP contribution is -2.31. The average Bonchev–Trinajstić information content (AvgIpc) is 2.72. The van der Waals surface area contributed by atoms with Crippen molar-refractivity contribution in [2.45, 2.75) is 20.0 Å². The molecule has 0 saturated heterocycles. The van der Waals surface area contributed by atoms with Gasteiger partial charge in [0.15, 0.2) is 0 Å². The zero-order valence-electron chi connectivity index (χ0n) is 16.7. The molecule has 1 amide bonds. The lowest BCUT2D eigenvalue weighted by molar-refractivity contribution is 0.0924. The third-order valence-corrected chi connectivity index (χ3v) is 4.30. The normalized spacial score (nSPS) is 11.6. The number of carbonyl (C=O) groups excluding carboxylic acids is 1. The molecule has 0 aliphatic carbocycles. The molecule has 3 N–H and O–H groups in total. The van der Waals surface area contributed by atoms with E-state index in [4.69, 9.17) is 0 Å². The van der Waals surface area contributed by atoms with Gasteiger partial charge in [0, 0.05) is 48.8 Å². The third kappa shape index (κ3) is 4.84. The van der Waals surface area contributed by atoms with E-state index in [1.54, 1.807) is 31.5 Å². The van der Waals surface area contributed by atoms with Gasteiger partial charge in [0.25, 0.3) is 5.91 Å². The van der Waals surface area contributed by atoms with E-state index in [0.717, 1.165) is 11.1 Å². The molecular weight excluding hydrogens is 385 g/mol. The number of carbonyl (C=O) groups is 1. The number of nitrogens with zero attached hydrogens (tertiary/aromatic N) is 3. The topological polar surface area (TPSA) is 100 Å². The van der Waals surface area contributed by atoms with Crippen molar-refractivity contribution in [1.29, 1.82) is 0 Å². The summed E-state index contributed by atoms with van der Waals surface area (Å²) < 4.78 is 14.2. The molecule has 0 spiro atoms. The summed E-state index contributed by atoms with van der Waals surface area (Å²) >= 11 is 0. The highest BCUT2D eigenvalue weighted by atomic mass is 19.1. The van der Waals surface area contributed by atoms with Crippen LogP contribution in [0.3, 0.4) is 0 Å².